The zero-order valence-electron chi connectivity index (χ0n) is 30.2. The number of carbonyl (C=O) groups excluding carboxylic acids is 1. The van der Waals surface area contributed by atoms with Crippen molar-refractivity contribution in [3.05, 3.63) is 129 Å². The maximum Gasteiger partial charge on any atom is 0.490 e. The fourth-order valence-corrected chi connectivity index (χ4v) is 6.15. The van der Waals surface area contributed by atoms with Crippen LogP contribution < -0.4 is 5.32 Å². The van der Waals surface area contributed by atoms with Gasteiger partial charge < -0.3 is 20.3 Å². The summed E-state index contributed by atoms with van der Waals surface area (Å²) in [4.78, 5) is 34.8. The molecule has 0 bridgehead atoms. The van der Waals surface area contributed by atoms with Crippen molar-refractivity contribution in [2.45, 2.75) is 55.9 Å². The number of fused-ring (bicyclic) bond motifs is 3. The highest BCUT2D eigenvalue weighted by Crippen LogP contribution is 2.45. The number of aliphatic carboxylic acids is 2. The Labute approximate surface area is 333 Å². The number of carboxylic acids is 2. The molecule has 0 aromatic heterocycles. The van der Waals surface area contributed by atoms with Crippen LogP contribution in [0.1, 0.15) is 50.4 Å². The molecule has 1 aliphatic carbocycles. The zero-order chi connectivity index (χ0) is 45.9. The van der Waals surface area contributed by atoms with Gasteiger partial charge in [0.1, 0.15) is 12.6 Å². The van der Waals surface area contributed by atoms with Crippen molar-refractivity contribution in [2.75, 3.05) is 13.2 Å². The van der Waals surface area contributed by atoms with E-state index in [0.29, 0.717) is 4.90 Å². The van der Waals surface area contributed by atoms with Crippen LogP contribution in [-0.4, -0.2) is 58.5 Å². The molecule has 0 aliphatic heterocycles. The summed E-state index contributed by atoms with van der Waals surface area (Å²) in [7, 11) is 0. The van der Waals surface area contributed by atoms with Gasteiger partial charge in [0.2, 0.25) is 0 Å². The molecule has 1 aliphatic rings. The summed E-state index contributed by atoms with van der Waals surface area (Å²) < 4.78 is 200. The lowest BCUT2D eigenvalue weighted by Gasteiger charge is -2.27. The highest BCUT2D eigenvalue weighted by molar-refractivity contribution is 5.81. The third kappa shape index (κ3) is 12.8. The van der Waals surface area contributed by atoms with Crippen LogP contribution in [0.25, 0.3) is 11.1 Å². The second-order valence-electron chi connectivity index (χ2n) is 13.2. The lowest BCUT2D eigenvalue weighted by Crippen LogP contribution is -2.48. The maximum absolute atomic E-state index is 13.6. The van der Waals surface area contributed by atoms with E-state index >= 15 is 0 Å². The van der Waals surface area contributed by atoms with E-state index in [1.165, 1.54) is 0 Å². The van der Waals surface area contributed by atoms with Crippen LogP contribution in [0.5, 0.6) is 0 Å². The number of carbonyl (C=O) groups is 3. The monoisotopic (exact) mass is 892 g/mol. The summed E-state index contributed by atoms with van der Waals surface area (Å²) in [5.74, 6) is -5.07. The standard InChI is InChI=1S/C36H26F12N2O4.C2HF3O2/c37-33(38,39)21-9-19(10-22(13-21)34(40,41)42)15-50(16-20-11-23(35(43,44)45)14-24(12-20)36(46,47)48)17-30(31(51)52)49-32(53)54-18-29-27-7-3-1-5-25(27)26-6-2-4-8-28(26)29;3-2(4,5)1(6)7/h1-14,29-30H,15-18H2,(H,49,53)(H,51,52);(H,6,7)/t30-;/m0./s1. The number of nitrogens with one attached hydrogen (secondary N) is 1. The van der Waals surface area contributed by atoms with Crippen LogP contribution in [0.4, 0.5) is 70.7 Å². The molecule has 1 atom stereocenters. The number of halogens is 15. The molecule has 0 saturated heterocycles. The topological polar surface area (TPSA) is 116 Å². The number of benzene rings is 4. The number of rotatable bonds is 10. The Morgan fingerprint density at radius 3 is 1.25 bits per heavy atom. The summed E-state index contributed by atoms with van der Waals surface area (Å²) in [5, 5.41) is 19.1. The van der Waals surface area contributed by atoms with Gasteiger partial charge in [0.15, 0.2) is 0 Å². The quantitative estimate of drug-likeness (QED) is 0.136. The highest BCUT2D eigenvalue weighted by atomic mass is 19.4. The predicted octanol–water partition coefficient (Wildman–Crippen LogP) is 10.4. The van der Waals surface area contributed by atoms with Crippen LogP contribution in [0.15, 0.2) is 84.9 Å². The smallest absolute Gasteiger partial charge is 0.480 e. The van der Waals surface area contributed by atoms with Gasteiger partial charge in [-0.3, -0.25) is 4.90 Å². The Bertz CT molecular complexity index is 2040. The SMILES string of the molecule is O=C(N[C@@H](CN(Cc1cc(C(F)(F)F)cc(C(F)(F)F)c1)Cc1cc(C(F)(F)F)cc(C(F)(F)F)c1)C(=O)O)OCC1c2ccccc2-c2ccccc21.O=C(O)C(F)(F)F. The molecule has 0 fully saturated rings. The van der Waals surface area contributed by atoms with E-state index in [2.05, 4.69) is 0 Å². The summed E-state index contributed by atoms with van der Waals surface area (Å²) in [6, 6.07) is 12.9. The molecule has 61 heavy (non-hydrogen) atoms. The van der Waals surface area contributed by atoms with Crippen LogP contribution >= 0.6 is 0 Å². The second-order valence-corrected chi connectivity index (χ2v) is 13.2. The zero-order valence-corrected chi connectivity index (χ0v) is 30.2. The Hall–Kier alpha value is -6.00. The maximum atomic E-state index is 13.6. The molecule has 1 amide bonds. The lowest BCUT2D eigenvalue weighted by atomic mass is 9.98. The Balaban J connectivity index is 0.00000107. The number of hydrogen-bond donors (Lipinski definition) is 3. The van der Waals surface area contributed by atoms with Gasteiger partial charge >= 0.3 is 48.9 Å². The first-order chi connectivity index (χ1) is 27.9. The van der Waals surface area contributed by atoms with Crippen molar-refractivity contribution >= 4 is 18.0 Å². The Morgan fingerprint density at radius 1 is 0.590 bits per heavy atom. The molecule has 0 unspecified atom stereocenters. The van der Waals surface area contributed by atoms with Gasteiger partial charge in [-0.25, -0.2) is 14.4 Å². The van der Waals surface area contributed by atoms with Gasteiger partial charge in [-0.15, -0.1) is 0 Å². The second kappa shape index (κ2) is 17.9. The average Bonchev–Trinajstić information content (AvgIpc) is 3.45. The van der Waals surface area contributed by atoms with Gasteiger partial charge in [0.05, 0.1) is 22.3 Å². The number of ether oxygens (including phenoxy) is 1. The first kappa shape index (κ1) is 47.7. The van der Waals surface area contributed by atoms with Gasteiger partial charge in [0.25, 0.3) is 0 Å². The van der Waals surface area contributed by atoms with E-state index in [0.717, 1.165) is 22.3 Å². The minimum absolute atomic E-state index is 0.199. The Morgan fingerprint density at radius 2 is 0.934 bits per heavy atom. The van der Waals surface area contributed by atoms with Crippen LogP contribution in [-0.2, 0) is 52.1 Å². The molecule has 8 nitrogen and oxygen atoms in total. The number of hydrogen-bond acceptors (Lipinski definition) is 5. The van der Waals surface area contributed by atoms with Crippen LogP contribution in [0.2, 0.25) is 0 Å². The molecule has 4 aromatic rings. The van der Waals surface area contributed by atoms with E-state index in [1.807, 2.05) is 17.4 Å². The number of carboxylic acid groups (broad SMARTS) is 2. The normalized spacial score (nSPS) is 13.8. The average molecular weight is 893 g/mol. The van der Waals surface area contributed by atoms with Crippen LogP contribution in [0, 0.1) is 0 Å². The van der Waals surface area contributed by atoms with E-state index in [9.17, 15) is 80.6 Å². The highest BCUT2D eigenvalue weighted by Gasteiger charge is 2.40. The molecule has 0 heterocycles. The molecule has 0 spiro atoms. The third-order valence-electron chi connectivity index (χ3n) is 8.72. The summed E-state index contributed by atoms with van der Waals surface area (Å²) in [6.45, 7) is -3.46. The van der Waals surface area contributed by atoms with Gasteiger partial charge in [-0.2, -0.15) is 65.9 Å². The molecule has 4 aromatic carbocycles. The van der Waals surface area contributed by atoms with E-state index < -0.39 is 114 Å². The molecule has 23 heteroatoms. The van der Waals surface area contributed by atoms with Crippen molar-refractivity contribution < 1.29 is 95.2 Å². The summed E-state index contributed by atoms with van der Waals surface area (Å²) >= 11 is 0. The first-order valence-corrected chi connectivity index (χ1v) is 16.9. The lowest BCUT2D eigenvalue weighted by molar-refractivity contribution is -0.192. The van der Waals surface area contributed by atoms with Crippen molar-refractivity contribution in [1.82, 2.24) is 10.2 Å². The molecule has 330 valence electrons. The third-order valence-corrected chi connectivity index (χ3v) is 8.72. The van der Waals surface area contributed by atoms with Crippen molar-refractivity contribution in [1.29, 1.82) is 0 Å². The molecule has 5 rings (SSSR count). The Kier molecular flexibility index (Phi) is 14.0. The minimum Gasteiger partial charge on any atom is -0.480 e. The molecular weight excluding hydrogens is 865 g/mol. The van der Waals surface area contributed by atoms with Crippen LogP contribution in [0.3, 0.4) is 0 Å². The fraction of sp³-hybridized carbons (Fsp3) is 0.289. The molecule has 3 N–H and O–H groups in total. The first-order valence-electron chi connectivity index (χ1n) is 16.9. The van der Waals surface area contributed by atoms with Gasteiger partial charge in [-0.05, 0) is 69.8 Å². The van der Waals surface area contributed by atoms with Crippen molar-refractivity contribution in [2.24, 2.45) is 0 Å². The summed E-state index contributed by atoms with van der Waals surface area (Å²) in [5.41, 5.74) is -5.39. The molecular formula is C38H27F15N2O6. The van der Waals surface area contributed by atoms with E-state index in [4.69, 9.17) is 14.6 Å². The minimum atomic E-state index is -5.32. The summed E-state index contributed by atoms with van der Waals surface area (Å²) in [6.07, 6.45) is -27.7. The molecule has 0 radical (unpaired) electrons. The number of nitrogens with zero attached hydrogens (tertiary/aromatic N) is 1. The number of alkyl halides is 15. The van der Waals surface area contributed by atoms with E-state index in [1.54, 1.807) is 36.4 Å². The fourth-order valence-electron chi connectivity index (χ4n) is 6.15. The van der Waals surface area contributed by atoms with Gasteiger partial charge in [0, 0.05) is 25.6 Å². The predicted molar refractivity (Wildman–Crippen MR) is 180 cm³/mol. The van der Waals surface area contributed by atoms with Crippen molar-refractivity contribution in [3.63, 3.8) is 0 Å². The van der Waals surface area contributed by atoms with E-state index in [-0.39, 0.29) is 43.0 Å². The number of alkyl carbamates (subject to hydrolysis) is 1. The van der Waals surface area contributed by atoms with Gasteiger partial charge in [-0.1, -0.05) is 48.5 Å². The molecule has 0 saturated carbocycles. The largest absolute Gasteiger partial charge is 0.490 e. The van der Waals surface area contributed by atoms with Crippen molar-refractivity contribution in [3.8, 4) is 11.1 Å². The number of amides is 1.